The zero-order valence-corrected chi connectivity index (χ0v) is 14.5. The quantitative estimate of drug-likeness (QED) is 0.768. The second-order valence-electron chi connectivity index (χ2n) is 5.89. The Morgan fingerprint density at radius 2 is 1.78 bits per heavy atom. The van der Waals surface area contributed by atoms with E-state index >= 15 is 0 Å². The highest BCUT2D eigenvalue weighted by atomic mass is 16.4. The van der Waals surface area contributed by atoms with Crippen LogP contribution in [0.1, 0.15) is 40.0 Å². The van der Waals surface area contributed by atoms with Gasteiger partial charge in [0.25, 0.3) is 0 Å². The van der Waals surface area contributed by atoms with Crippen molar-refractivity contribution in [1.29, 1.82) is 0 Å². The smallest absolute Gasteiger partial charge is 0.323 e. The number of carboxylic acids is 1. The van der Waals surface area contributed by atoms with E-state index in [2.05, 4.69) is 0 Å². The molecule has 0 radical (unpaired) electrons. The van der Waals surface area contributed by atoms with Gasteiger partial charge in [-0.25, -0.2) is 4.79 Å². The molecule has 0 unspecified atom stereocenters. The van der Waals surface area contributed by atoms with Gasteiger partial charge in [-0.05, 0) is 33.1 Å². The number of hydrogen-bond acceptors (Lipinski definition) is 3. The van der Waals surface area contributed by atoms with Crippen molar-refractivity contribution in [2.45, 2.75) is 40.0 Å². The SMILES string of the molecule is CCCN(CC(=O)O)C(=O)[C@H]1CCCN(C(=O)N(CC)CC)C1. The summed E-state index contributed by atoms with van der Waals surface area (Å²) in [6.07, 6.45) is 2.20. The molecular weight excluding hydrogens is 298 g/mol. The number of amides is 3. The summed E-state index contributed by atoms with van der Waals surface area (Å²) in [7, 11) is 0. The fraction of sp³-hybridized carbons (Fsp3) is 0.812. The van der Waals surface area contributed by atoms with Gasteiger partial charge < -0.3 is 19.8 Å². The summed E-state index contributed by atoms with van der Waals surface area (Å²) >= 11 is 0. The van der Waals surface area contributed by atoms with Gasteiger partial charge in [0, 0.05) is 32.7 Å². The lowest BCUT2D eigenvalue weighted by Crippen LogP contribution is -2.51. The summed E-state index contributed by atoms with van der Waals surface area (Å²) in [6, 6.07) is -0.0345. The second-order valence-corrected chi connectivity index (χ2v) is 5.89. The first-order valence-corrected chi connectivity index (χ1v) is 8.48. The molecular formula is C16H29N3O4. The summed E-state index contributed by atoms with van der Waals surface area (Å²) in [5.41, 5.74) is 0. The van der Waals surface area contributed by atoms with Crippen molar-refractivity contribution in [1.82, 2.24) is 14.7 Å². The van der Waals surface area contributed by atoms with E-state index in [1.165, 1.54) is 4.90 Å². The van der Waals surface area contributed by atoms with Gasteiger partial charge >= 0.3 is 12.0 Å². The van der Waals surface area contributed by atoms with Crippen LogP contribution >= 0.6 is 0 Å². The van der Waals surface area contributed by atoms with Crippen LogP contribution in [0.25, 0.3) is 0 Å². The molecule has 23 heavy (non-hydrogen) atoms. The predicted molar refractivity (Wildman–Crippen MR) is 87.1 cm³/mol. The Bertz CT molecular complexity index is 424. The summed E-state index contributed by atoms with van der Waals surface area (Å²) < 4.78 is 0. The van der Waals surface area contributed by atoms with Gasteiger partial charge in [-0.3, -0.25) is 9.59 Å². The van der Waals surface area contributed by atoms with Crippen LogP contribution in [-0.4, -0.2) is 77.0 Å². The predicted octanol–water partition coefficient (Wildman–Crippen LogP) is 1.48. The molecule has 1 rings (SSSR count). The van der Waals surface area contributed by atoms with Crippen LogP contribution in [0.3, 0.4) is 0 Å². The minimum atomic E-state index is -1.00. The normalized spacial score (nSPS) is 17.7. The summed E-state index contributed by atoms with van der Waals surface area (Å²) in [5.74, 6) is -1.45. The lowest BCUT2D eigenvalue weighted by Gasteiger charge is -2.37. The first-order chi connectivity index (χ1) is 10.9. The standard InChI is InChI=1S/C16H29N3O4/c1-4-9-18(12-14(20)21)15(22)13-8-7-10-19(11-13)16(23)17(5-2)6-3/h13H,4-12H2,1-3H3,(H,20,21)/t13-/m0/s1. The van der Waals surface area contributed by atoms with Crippen molar-refractivity contribution >= 4 is 17.9 Å². The molecule has 1 N–H and O–H groups in total. The molecule has 1 saturated heterocycles. The molecule has 0 aromatic carbocycles. The van der Waals surface area contributed by atoms with Crippen LogP contribution in [0.4, 0.5) is 4.79 Å². The third kappa shape index (κ3) is 5.41. The third-order valence-corrected chi connectivity index (χ3v) is 4.21. The Labute approximate surface area is 138 Å². The lowest BCUT2D eigenvalue weighted by molar-refractivity contribution is -0.147. The highest BCUT2D eigenvalue weighted by Gasteiger charge is 2.32. The molecule has 0 spiro atoms. The Morgan fingerprint density at radius 3 is 2.30 bits per heavy atom. The zero-order valence-electron chi connectivity index (χ0n) is 14.5. The molecule has 0 bridgehead atoms. The maximum atomic E-state index is 12.6. The fourth-order valence-electron chi connectivity index (χ4n) is 3.01. The largest absolute Gasteiger partial charge is 0.480 e. The number of likely N-dealkylation sites (tertiary alicyclic amines) is 1. The van der Waals surface area contributed by atoms with E-state index in [0.717, 1.165) is 6.42 Å². The summed E-state index contributed by atoms with van der Waals surface area (Å²) in [6.45, 7) is 8.28. The maximum absolute atomic E-state index is 12.6. The van der Waals surface area contributed by atoms with Crippen LogP contribution in [-0.2, 0) is 9.59 Å². The number of carbonyl (C=O) groups is 3. The van der Waals surface area contributed by atoms with E-state index in [4.69, 9.17) is 5.11 Å². The minimum absolute atomic E-state index is 0.0345. The van der Waals surface area contributed by atoms with Gasteiger partial charge in [-0.2, -0.15) is 0 Å². The lowest BCUT2D eigenvalue weighted by atomic mass is 9.96. The van der Waals surface area contributed by atoms with E-state index in [0.29, 0.717) is 45.6 Å². The van der Waals surface area contributed by atoms with Crippen molar-refractivity contribution in [2.75, 3.05) is 39.3 Å². The highest BCUT2D eigenvalue weighted by molar-refractivity contribution is 5.84. The maximum Gasteiger partial charge on any atom is 0.323 e. The molecule has 1 atom stereocenters. The van der Waals surface area contributed by atoms with Crippen molar-refractivity contribution in [3.63, 3.8) is 0 Å². The Balaban J connectivity index is 2.73. The van der Waals surface area contributed by atoms with Crippen molar-refractivity contribution in [3.8, 4) is 0 Å². The van der Waals surface area contributed by atoms with Gasteiger partial charge in [-0.1, -0.05) is 6.92 Å². The monoisotopic (exact) mass is 327 g/mol. The number of hydrogen-bond donors (Lipinski definition) is 1. The van der Waals surface area contributed by atoms with E-state index in [9.17, 15) is 14.4 Å². The van der Waals surface area contributed by atoms with Crippen LogP contribution < -0.4 is 0 Å². The Kier molecular flexibility index (Phi) is 7.85. The number of carbonyl (C=O) groups excluding carboxylic acids is 2. The molecule has 0 aromatic heterocycles. The van der Waals surface area contributed by atoms with Crippen molar-refractivity contribution in [2.24, 2.45) is 5.92 Å². The molecule has 1 aliphatic rings. The van der Waals surface area contributed by atoms with Gasteiger partial charge in [0.05, 0.1) is 5.92 Å². The van der Waals surface area contributed by atoms with E-state index in [-0.39, 0.29) is 24.4 Å². The van der Waals surface area contributed by atoms with Crippen LogP contribution in [0.5, 0.6) is 0 Å². The molecule has 1 heterocycles. The molecule has 7 nitrogen and oxygen atoms in total. The summed E-state index contributed by atoms with van der Waals surface area (Å²) in [4.78, 5) is 40.9. The van der Waals surface area contributed by atoms with Crippen LogP contribution in [0, 0.1) is 5.92 Å². The van der Waals surface area contributed by atoms with Gasteiger partial charge in [0.15, 0.2) is 0 Å². The van der Waals surface area contributed by atoms with Crippen molar-refractivity contribution in [3.05, 3.63) is 0 Å². The number of rotatable bonds is 7. The minimum Gasteiger partial charge on any atom is -0.480 e. The van der Waals surface area contributed by atoms with Crippen LogP contribution in [0.15, 0.2) is 0 Å². The molecule has 0 saturated carbocycles. The molecule has 0 aromatic rings. The number of nitrogens with zero attached hydrogens (tertiary/aromatic N) is 3. The van der Waals surface area contributed by atoms with E-state index in [1.54, 1.807) is 9.80 Å². The van der Waals surface area contributed by atoms with Gasteiger partial charge in [0.2, 0.25) is 5.91 Å². The molecule has 132 valence electrons. The third-order valence-electron chi connectivity index (χ3n) is 4.21. The Morgan fingerprint density at radius 1 is 1.13 bits per heavy atom. The Hall–Kier alpha value is -1.79. The molecule has 1 aliphatic heterocycles. The van der Waals surface area contributed by atoms with Crippen LogP contribution in [0.2, 0.25) is 0 Å². The second kappa shape index (κ2) is 9.37. The first kappa shape index (κ1) is 19.3. The van der Waals surface area contributed by atoms with Gasteiger partial charge in [-0.15, -0.1) is 0 Å². The topological polar surface area (TPSA) is 81.2 Å². The number of urea groups is 1. The number of carboxylic acid groups (broad SMARTS) is 1. The molecule has 1 fully saturated rings. The number of aliphatic carboxylic acids is 1. The average Bonchev–Trinajstić information content (AvgIpc) is 2.54. The molecule has 7 heteroatoms. The molecule has 3 amide bonds. The van der Waals surface area contributed by atoms with Gasteiger partial charge in [0.1, 0.15) is 6.54 Å². The van der Waals surface area contributed by atoms with E-state index < -0.39 is 5.97 Å². The summed E-state index contributed by atoms with van der Waals surface area (Å²) in [5, 5.41) is 8.97. The highest BCUT2D eigenvalue weighted by Crippen LogP contribution is 2.20. The average molecular weight is 327 g/mol. The first-order valence-electron chi connectivity index (χ1n) is 8.48. The van der Waals surface area contributed by atoms with Crippen molar-refractivity contribution < 1.29 is 19.5 Å². The zero-order chi connectivity index (χ0) is 17.4. The molecule has 0 aliphatic carbocycles. The number of piperidine rings is 1. The van der Waals surface area contributed by atoms with E-state index in [1.807, 2.05) is 20.8 Å². The fourth-order valence-corrected chi connectivity index (χ4v) is 3.01.